The lowest BCUT2D eigenvalue weighted by atomic mass is 9.96. The van der Waals surface area contributed by atoms with Gasteiger partial charge in [0.2, 0.25) is 0 Å². The van der Waals surface area contributed by atoms with Crippen LogP contribution in [0.5, 0.6) is 0 Å². The fourth-order valence-corrected chi connectivity index (χ4v) is 3.32. The number of likely N-dealkylation sites (tertiary alicyclic amines) is 1. The standard InChI is InChI=1S/C19H24N4O2/c1-14(2)11-21-18(24)17-9-19(25-22-17)6-7-23(13-19)12-16-5-3-4-15(8-16)10-20/h3-5,8,14H,6-7,9,11-13H2,1-2H3,(H,21,24)/t19-/m0/s1. The average Bonchev–Trinajstić information content (AvgIpc) is 3.20. The molecule has 1 aromatic carbocycles. The summed E-state index contributed by atoms with van der Waals surface area (Å²) in [5, 5.41) is 16.0. The molecule has 25 heavy (non-hydrogen) atoms. The highest BCUT2D eigenvalue weighted by Crippen LogP contribution is 2.34. The third-order valence-corrected chi connectivity index (χ3v) is 4.63. The van der Waals surface area contributed by atoms with Gasteiger partial charge < -0.3 is 10.2 Å². The van der Waals surface area contributed by atoms with E-state index >= 15 is 0 Å². The molecule has 1 amide bonds. The Labute approximate surface area is 148 Å². The van der Waals surface area contributed by atoms with E-state index < -0.39 is 0 Å². The van der Waals surface area contributed by atoms with E-state index in [0.717, 1.165) is 31.6 Å². The molecule has 0 bridgehead atoms. The van der Waals surface area contributed by atoms with E-state index in [2.05, 4.69) is 35.3 Å². The second-order valence-electron chi connectivity index (χ2n) is 7.37. The van der Waals surface area contributed by atoms with E-state index in [0.29, 0.717) is 30.2 Å². The Hall–Kier alpha value is -2.39. The molecule has 2 heterocycles. The first-order chi connectivity index (χ1) is 12.0. The molecular formula is C19H24N4O2. The minimum atomic E-state index is -0.378. The Morgan fingerprint density at radius 2 is 2.36 bits per heavy atom. The molecule has 1 aromatic rings. The summed E-state index contributed by atoms with van der Waals surface area (Å²) in [6.07, 6.45) is 1.42. The molecule has 0 radical (unpaired) electrons. The summed E-state index contributed by atoms with van der Waals surface area (Å²) < 4.78 is 0. The van der Waals surface area contributed by atoms with Crippen molar-refractivity contribution in [3.63, 3.8) is 0 Å². The highest BCUT2D eigenvalue weighted by molar-refractivity contribution is 6.39. The number of amides is 1. The van der Waals surface area contributed by atoms with Gasteiger partial charge in [0.25, 0.3) is 5.91 Å². The lowest BCUT2D eigenvalue weighted by Crippen LogP contribution is -2.37. The third-order valence-electron chi connectivity index (χ3n) is 4.63. The van der Waals surface area contributed by atoms with Crippen LogP contribution in [0.25, 0.3) is 0 Å². The minimum Gasteiger partial charge on any atom is -0.387 e. The number of hydrogen-bond acceptors (Lipinski definition) is 5. The van der Waals surface area contributed by atoms with Gasteiger partial charge in [0, 0.05) is 39.0 Å². The maximum Gasteiger partial charge on any atom is 0.269 e. The van der Waals surface area contributed by atoms with Crippen molar-refractivity contribution in [3.05, 3.63) is 35.4 Å². The summed E-state index contributed by atoms with van der Waals surface area (Å²) in [4.78, 5) is 20.1. The van der Waals surface area contributed by atoms with E-state index in [4.69, 9.17) is 10.1 Å². The second kappa shape index (κ2) is 7.24. The Balaban J connectivity index is 1.55. The number of nitrogens with zero attached hydrogens (tertiary/aromatic N) is 3. The molecule has 1 fully saturated rings. The van der Waals surface area contributed by atoms with Gasteiger partial charge in [-0.05, 0) is 23.6 Å². The van der Waals surface area contributed by atoms with Crippen molar-refractivity contribution in [1.82, 2.24) is 10.2 Å². The number of hydrogen-bond donors (Lipinski definition) is 1. The summed E-state index contributed by atoms with van der Waals surface area (Å²) in [7, 11) is 0. The lowest BCUT2D eigenvalue weighted by molar-refractivity contribution is -0.115. The normalized spacial score (nSPS) is 22.7. The molecular weight excluding hydrogens is 316 g/mol. The SMILES string of the molecule is CC(C)CNC(=O)C1=NO[C@@]2(CCN(Cc3cccc(C#N)c3)C2)C1. The molecule has 2 aliphatic rings. The fourth-order valence-electron chi connectivity index (χ4n) is 3.32. The van der Waals surface area contributed by atoms with Crippen LogP contribution in [0, 0.1) is 17.2 Å². The number of oxime groups is 1. The van der Waals surface area contributed by atoms with Crippen LogP contribution in [0.15, 0.2) is 29.4 Å². The van der Waals surface area contributed by atoms with Gasteiger partial charge in [-0.3, -0.25) is 9.69 Å². The summed E-state index contributed by atoms with van der Waals surface area (Å²) in [5.41, 5.74) is 1.91. The summed E-state index contributed by atoms with van der Waals surface area (Å²) in [5.74, 6) is 0.290. The predicted molar refractivity (Wildman–Crippen MR) is 94.8 cm³/mol. The minimum absolute atomic E-state index is 0.120. The topological polar surface area (TPSA) is 77.7 Å². The maximum atomic E-state index is 12.2. The van der Waals surface area contributed by atoms with Gasteiger partial charge in [-0.1, -0.05) is 31.1 Å². The first kappa shape index (κ1) is 17.4. The average molecular weight is 340 g/mol. The van der Waals surface area contributed by atoms with E-state index in [1.165, 1.54) is 0 Å². The van der Waals surface area contributed by atoms with Crippen LogP contribution in [0.2, 0.25) is 0 Å². The third kappa shape index (κ3) is 4.18. The Morgan fingerprint density at radius 3 is 3.12 bits per heavy atom. The number of rotatable bonds is 5. The monoisotopic (exact) mass is 340 g/mol. The Bertz CT molecular complexity index is 722. The van der Waals surface area contributed by atoms with E-state index in [1.807, 2.05) is 24.3 Å². The van der Waals surface area contributed by atoms with Crippen LogP contribution in [-0.4, -0.2) is 41.8 Å². The largest absolute Gasteiger partial charge is 0.387 e. The molecule has 0 aromatic heterocycles. The first-order valence-electron chi connectivity index (χ1n) is 8.74. The Morgan fingerprint density at radius 1 is 1.52 bits per heavy atom. The zero-order chi connectivity index (χ0) is 17.9. The van der Waals surface area contributed by atoms with Crippen molar-refractivity contribution in [2.24, 2.45) is 11.1 Å². The molecule has 3 rings (SSSR count). The molecule has 132 valence electrons. The first-order valence-corrected chi connectivity index (χ1v) is 8.74. The highest BCUT2D eigenvalue weighted by Gasteiger charge is 2.46. The van der Waals surface area contributed by atoms with Gasteiger partial charge in [-0.15, -0.1) is 0 Å². The van der Waals surface area contributed by atoms with Crippen LogP contribution in [0.3, 0.4) is 0 Å². The van der Waals surface area contributed by atoms with E-state index in [9.17, 15) is 4.79 Å². The van der Waals surface area contributed by atoms with E-state index in [-0.39, 0.29) is 11.5 Å². The number of nitriles is 1. The van der Waals surface area contributed by atoms with E-state index in [1.54, 1.807) is 0 Å². The number of carbonyl (C=O) groups excluding carboxylic acids is 1. The van der Waals surface area contributed by atoms with Gasteiger partial charge in [0.1, 0.15) is 5.71 Å². The number of nitrogens with one attached hydrogen (secondary N) is 1. The molecule has 0 saturated carbocycles. The molecule has 0 aliphatic carbocycles. The lowest BCUT2D eigenvalue weighted by Gasteiger charge is -2.21. The quantitative estimate of drug-likeness (QED) is 0.890. The zero-order valence-corrected chi connectivity index (χ0v) is 14.8. The molecule has 6 heteroatoms. The molecule has 2 aliphatic heterocycles. The van der Waals surface area contributed by atoms with Gasteiger partial charge in [0.05, 0.1) is 11.6 Å². The van der Waals surface area contributed by atoms with Gasteiger partial charge in [-0.25, -0.2) is 0 Å². The summed E-state index contributed by atoms with van der Waals surface area (Å²) >= 11 is 0. The van der Waals surface area contributed by atoms with Crippen molar-refractivity contribution in [2.75, 3.05) is 19.6 Å². The summed E-state index contributed by atoms with van der Waals surface area (Å²) in [6.45, 7) is 7.18. The van der Waals surface area contributed by atoms with Crippen LogP contribution >= 0.6 is 0 Å². The van der Waals surface area contributed by atoms with Crippen molar-refractivity contribution in [1.29, 1.82) is 5.26 Å². The van der Waals surface area contributed by atoms with Crippen LogP contribution in [0.1, 0.15) is 37.8 Å². The van der Waals surface area contributed by atoms with Crippen LogP contribution in [-0.2, 0) is 16.2 Å². The smallest absolute Gasteiger partial charge is 0.269 e. The molecule has 1 N–H and O–H groups in total. The fraction of sp³-hybridized carbons (Fsp3) is 0.526. The van der Waals surface area contributed by atoms with Gasteiger partial charge in [0.15, 0.2) is 5.60 Å². The molecule has 1 saturated heterocycles. The predicted octanol–water partition coefficient (Wildman–Crippen LogP) is 2.05. The van der Waals surface area contributed by atoms with Gasteiger partial charge >= 0.3 is 0 Å². The van der Waals surface area contributed by atoms with Crippen molar-refractivity contribution in [3.8, 4) is 6.07 Å². The second-order valence-corrected chi connectivity index (χ2v) is 7.37. The van der Waals surface area contributed by atoms with Crippen molar-refractivity contribution >= 4 is 11.6 Å². The van der Waals surface area contributed by atoms with Crippen LogP contribution < -0.4 is 5.32 Å². The molecule has 1 atom stereocenters. The van der Waals surface area contributed by atoms with Crippen LogP contribution in [0.4, 0.5) is 0 Å². The summed E-state index contributed by atoms with van der Waals surface area (Å²) in [6, 6.07) is 9.84. The van der Waals surface area contributed by atoms with Gasteiger partial charge in [-0.2, -0.15) is 5.26 Å². The molecule has 1 spiro atoms. The van der Waals surface area contributed by atoms with Crippen molar-refractivity contribution in [2.45, 2.75) is 38.8 Å². The van der Waals surface area contributed by atoms with Crippen molar-refractivity contribution < 1.29 is 9.63 Å². The number of carbonyl (C=O) groups is 1. The Kier molecular flexibility index (Phi) is 5.05. The highest BCUT2D eigenvalue weighted by atomic mass is 16.7. The molecule has 6 nitrogen and oxygen atoms in total. The zero-order valence-electron chi connectivity index (χ0n) is 14.8. The molecule has 0 unspecified atom stereocenters. The maximum absolute atomic E-state index is 12.2. The number of benzene rings is 1.